The zero-order chi connectivity index (χ0) is 16.7. The molecule has 1 aromatic carbocycles. The highest BCUT2D eigenvalue weighted by atomic mass is 16.2. The minimum Gasteiger partial charge on any atom is -0.356 e. The predicted molar refractivity (Wildman–Crippen MR) is 93.6 cm³/mol. The van der Waals surface area contributed by atoms with Crippen LogP contribution in [0.25, 0.3) is 11.0 Å². The summed E-state index contributed by atoms with van der Waals surface area (Å²) in [7, 11) is 0. The maximum absolute atomic E-state index is 12.6. The van der Waals surface area contributed by atoms with Crippen molar-refractivity contribution in [3.63, 3.8) is 0 Å². The molecular formula is C18H27N3O2. The Balaban J connectivity index is 2.07. The molecule has 1 amide bonds. The Morgan fingerprint density at radius 3 is 2.26 bits per heavy atom. The highest BCUT2D eigenvalue weighted by Gasteiger charge is 2.13. The molecule has 5 heteroatoms. The van der Waals surface area contributed by atoms with Crippen LogP contribution in [0.4, 0.5) is 0 Å². The van der Waals surface area contributed by atoms with Crippen LogP contribution in [0.2, 0.25) is 0 Å². The first kappa shape index (κ1) is 17.3. The molecule has 0 unspecified atom stereocenters. The summed E-state index contributed by atoms with van der Waals surface area (Å²) >= 11 is 0. The lowest BCUT2D eigenvalue weighted by atomic mass is 10.2. The first-order chi connectivity index (χ1) is 11.2. The number of nitrogens with one attached hydrogen (secondary N) is 1. The Labute approximate surface area is 137 Å². The fourth-order valence-corrected chi connectivity index (χ4v) is 2.83. The van der Waals surface area contributed by atoms with Crippen molar-refractivity contribution in [2.45, 2.75) is 59.0 Å². The van der Waals surface area contributed by atoms with E-state index in [2.05, 4.69) is 19.2 Å². The zero-order valence-electron chi connectivity index (χ0n) is 14.2. The molecule has 1 aromatic heterocycles. The van der Waals surface area contributed by atoms with E-state index in [9.17, 15) is 9.59 Å². The van der Waals surface area contributed by atoms with Gasteiger partial charge in [0.2, 0.25) is 5.91 Å². The van der Waals surface area contributed by atoms with Crippen LogP contribution in [-0.2, 0) is 17.9 Å². The van der Waals surface area contributed by atoms with Crippen LogP contribution in [-0.4, -0.2) is 21.6 Å². The summed E-state index contributed by atoms with van der Waals surface area (Å²) in [5.74, 6) is 0.0142. The average molecular weight is 317 g/mol. The number of hydrogen-bond acceptors (Lipinski definition) is 2. The van der Waals surface area contributed by atoms with Crippen molar-refractivity contribution in [1.82, 2.24) is 14.5 Å². The lowest BCUT2D eigenvalue weighted by Crippen LogP contribution is -2.29. The van der Waals surface area contributed by atoms with Gasteiger partial charge >= 0.3 is 5.69 Å². The van der Waals surface area contributed by atoms with Crippen LogP contribution in [0.5, 0.6) is 0 Å². The van der Waals surface area contributed by atoms with Crippen molar-refractivity contribution in [2.75, 3.05) is 6.54 Å². The summed E-state index contributed by atoms with van der Waals surface area (Å²) in [6.45, 7) is 6.05. The number of carbonyl (C=O) groups excluding carboxylic acids is 1. The normalized spacial score (nSPS) is 11.0. The number of fused-ring (bicyclic) bond motifs is 1. The standard InChI is InChI=1S/C18H27N3O2/c1-3-5-8-12-19-17(22)11-14-21-16-10-7-6-9-15(16)20(13-4-2)18(21)23/h6-7,9-10H,3-5,8,11-14H2,1-2H3,(H,19,22). The molecule has 1 N–H and O–H groups in total. The molecule has 2 aromatic rings. The van der Waals surface area contributed by atoms with Crippen molar-refractivity contribution >= 4 is 16.9 Å². The van der Waals surface area contributed by atoms with Gasteiger partial charge in [-0.3, -0.25) is 13.9 Å². The quantitative estimate of drug-likeness (QED) is 0.723. The summed E-state index contributed by atoms with van der Waals surface area (Å²) < 4.78 is 3.52. The average Bonchev–Trinajstić information content (AvgIpc) is 2.82. The second-order valence-electron chi connectivity index (χ2n) is 5.88. The number of benzene rings is 1. The smallest absolute Gasteiger partial charge is 0.329 e. The minimum absolute atomic E-state index is 0.0142. The van der Waals surface area contributed by atoms with Gasteiger partial charge in [-0.15, -0.1) is 0 Å². The van der Waals surface area contributed by atoms with Gasteiger partial charge in [-0.1, -0.05) is 38.8 Å². The first-order valence-electron chi connectivity index (χ1n) is 8.63. The molecule has 0 aliphatic rings. The van der Waals surface area contributed by atoms with Crippen LogP contribution < -0.4 is 11.0 Å². The van der Waals surface area contributed by atoms with Gasteiger partial charge in [-0.05, 0) is 25.0 Å². The van der Waals surface area contributed by atoms with Gasteiger partial charge in [-0.2, -0.15) is 0 Å². The van der Waals surface area contributed by atoms with E-state index in [0.29, 0.717) is 19.5 Å². The molecule has 0 fully saturated rings. The number of nitrogens with zero attached hydrogens (tertiary/aromatic N) is 2. The topological polar surface area (TPSA) is 56.0 Å². The maximum Gasteiger partial charge on any atom is 0.329 e. The molecule has 0 saturated heterocycles. The summed E-state index contributed by atoms with van der Waals surface area (Å²) in [5, 5.41) is 2.93. The third-order valence-corrected chi connectivity index (χ3v) is 4.04. The number of aryl methyl sites for hydroxylation is 2. The third-order valence-electron chi connectivity index (χ3n) is 4.04. The van der Waals surface area contributed by atoms with Gasteiger partial charge in [0.1, 0.15) is 0 Å². The fraction of sp³-hybridized carbons (Fsp3) is 0.556. The highest BCUT2D eigenvalue weighted by Crippen LogP contribution is 2.13. The zero-order valence-corrected chi connectivity index (χ0v) is 14.2. The van der Waals surface area contributed by atoms with Gasteiger partial charge < -0.3 is 5.32 Å². The molecule has 0 aliphatic carbocycles. The maximum atomic E-state index is 12.6. The minimum atomic E-state index is -0.0215. The Morgan fingerprint density at radius 1 is 1.00 bits per heavy atom. The van der Waals surface area contributed by atoms with Gasteiger partial charge in [0.05, 0.1) is 11.0 Å². The van der Waals surface area contributed by atoms with E-state index in [-0.39, 0.29) is 11.6 Å². The monoisotopic (exact) mass is 317 g/mol. The Hall–Kier alpha value is -2.04. The molecule has 2 rings (SSSR count). The Bertz CT molecular complexity index is 700. The highest BCUT2D eigenvalue weighted by molar-refractivity contribution is 5.77. The molecule has 0 spiro atoms. The number of amides is 1. The first-order valence-corrected chi connectivity index (χ1v) is 8.63. The SMILES string of the molecule is CCCCCNC(=O)CCn1c(=O)n(CCC)c2ccccc21. The summed E-state index contributed by atoms with van der Waals surface area (Å²) in [6, 6.07) is 7.79. The van der Waals surface area contributed by atoms with Crippen LogP contribution in [0.1, 0.15) is 46.0 Å². The lowest BCUT2D eigenvalue weighted by Gasteiger charge is -2.05. The number of aromatic nitrogens is 2. The van der Waals surface area contributed by atoms with Gasteiger partial charge in [0, 0.05) is 26.1 Å². The van der Waals surface area contributed by atoms with Crippen molar-refractivity contribution < 1.29 is 4.79 Å². The molecule has 0 radical (unpaired) electrons. The Kier molecular flexibility index (Phi) is 6.44. The molecule has 0 saturated carbocycles. The van der Waals surface area contributed by atoms with E-state index in [1.165, 1.54) is 0 Å². The van der Waals surface area contributed by atoms with Crippen LogP contribution >= 0.6 is 0 Å². The predicted octanol–water partition coefficient (Wildman–Crippen LogP) is 2.91. The third kappa shape index (κ3) is 4.24. The van der Waals surface area contributed by atoms with Crippen molar-refractivity contribution in [2.24, 2.45) is 0 Å². The van der Waals surface area contributed by atoms with E-state index in [1.54, 1.807) is 9.13 Å². The molecule has 1 heterocycles. The molecule has 126 valence electrons. The van der Waals surface area contributed by atoms with E-state index in [4.69, 9.17) is 0 Å². The van der Waals surface area contributed by atoms with Crippen molar-refractivity contribution in [3.8, 4) is 0 Å². The largest absolute Gasteiger partial charge is 0.356 e. The summed E-state index contributed by atoms with van der Waals surface area (Å²) in [6.07, 6.45) is 4.53. The number of carbonyl (C=O) groups is 1. The van der Waals surface area contributed by atoms with E-state index >= 15 is 0 Å². The number of hydrogen-bond donors (Lipinski definition) is 1. The number of imidazole rings is 1. The second-order valence-corrected chi connectivity index (χ2v) is 5.88. The molecule has 5 nitrogen and oxygen atoms in total. The number of para-hydroxylation sites is 2. The van der Waals surface area contributed by atoms with E-state index in [1.807, 2.05) is 24.3 Å². The van der Waals surface area contributed by atoms with Gasteiger partial charge in [0.15, 0.2) is 0 Å². The Morgan fingerprint density at radius 2 is 1.65 bits per heavy atom. The lowest BCUT2D eigenvalue weighted by molar-refractivity contribution is -0.121. The molecular weight excluding hydrogens is 290 g/mol. The van der Waals surface area contributed by atoms with Gasteiger partial charge in [-0.25, -0.2) is 4.79 Å². The van der Waals surface area contributed by atoms with Crippen LogP contribution in [0.15, 0.2) is 29.1 Å². The van der Waals surface area contributed by atoms with Crippen LogP contribution in [0, 0.1) is 0 Å². The summed E-state index contributed by atoms with van der Waals surface area (Å²) in [5.41, 5.74) is 1.83. The molecule has 0 aliphatic heterocycles. The fourth-order valence-electron chi connectivity index (χ4n) is 2.83. The summed E-state index contributed by atoms with van der Waals surface area (Å²) in [4.78, 5) is 24.5. The number of rotatable bonds is 9. The molecule has 0 atom stereocenters. The van der Waals surface area contributed by atoms with Crippen LogP contribution in [0.3, 0.4) is 0 Å². The van der Waals surface area contributed by atoms with Gasteiger partial charge in [0.25, 0.3) is 0 Å². The van der Waals surface area contributed by atoms with E-state index in [0.717, 1.165) is 43.3 Å². The number of unbranched alkanes of at least 4 members (excludes halogenated alkanes) is 2. The molecule has 0 bridgehead atoms. The second kappa shape index (κ2) is 8.56. The van der Waals surface area contributed by atoms with Crippen molar-refractivity contribution in [3.05, 3.63) is 34.7 Å². The van der Waals surface area contributed by atoms with Crippen molar-refractivity contribution in [1.29, 1.82) is 0 Å². The molecule has 23 heavy (non-hydrogen) atoms. The van der Waals surface area contributed by atoms with E-state index < -0.39 is 0 Å².